The number of benzene rings is 2. The Morgan fingerprint density at radius 2 is 1.56 bits per heavy atom. The molecule has 1 unspecified atom stereocenters. The predicted octanol–water partition coefficient (Wildman–Crippen LogP) is 2.76. The number of aliphatic hydroxyl groups excluding tert-OH is 1. The van der Waals surface area contributed by atoms with E-state index in [2.05, 4.69) is 0 Å². The van der Waals surface area contributed by atoms with Crippen molar-refractivity contribution in [3.63, 3.8) is 0 Å². The number of hydrogen-bond acceptors (Lipinski definition) is 3. The molecule has 0 bridgehead atoms. The van der Waals surface area contributed by atoms with Gasteiger partial charge in [0.1, 0.15) is 11.5 Å². The summed E-state index contributed by atoms with van der Waals surface area (Å²) in [5, 5.41) is 28.8. The normalized spacial score (nSPS) is 12.3. The van der Waals surface area contributed by atoms with Crippen molar-refractivity contribution < 1.29 is 15.3 Å². The lowest BCUT2D eigenvalue weighted by molar-refractivity contribution is 0.167. The number of aryl methyl sites for hydroxylation is 1. The quantitative estimate of drug-likeness (QED) is 0.775. The summed E-state index contributed by atoms with van der Waals surface area (Å²) < 4.78 is 0. The minimum absolute atomic E-state index is 0.187. The van der Waals surface area contributed by atoms with Crippen LogP contribution in [0.4, 0.5) is 0 Å². The molecule has 2 aromatic carbocycles. The first-order chi connectivity index (χ1) is 8.66. The topological polar surface area (TPSA) is 60.7 Å². The second-order valence-electron chi connectivity index (χ2n) is 4.27. The van der Waals surface area contributed by atoms with Gasteiger partial charge in [-0.05, 0) is 42.2 Å². The minimum atomic E-state index is -0.592. The largest absolute Gasteiger partial charge is 0.508 e. The first-order valence-electron chi connectivity index (χ1n) is 5.90. The van der Waals surface area contributed by atoms with Crippen molar-refractivity contribution in [2.45, 2.75) is 18.9 Å². The van der Waals surface area contributed by atoms with Crippen LogP contribution >= 0.6 is 0 Å². The maximum absolute atomic E-state index is 10.0. The molecule has 0 fully saturated rings. The van der Waals surface area contributed by atoms with Crippen molar-refractivity contribution in [1.82, 2.24) is 0 Å². The van der Waals surface area contributed by atoms with Gasteiger partial charge in [-0.1, -0.05) is 30.3 Å². The highest BCUT2D eigenvalue weighted by Gasteiger charge is 2.09. The summed E-state index contributed by atoms with van der Waals surface area (Å²) in [6.07, 6.45) is 0.544. The molecule has 0 radical (unpaired) electrons. The van der Waals surface area contributed by atoms with Crippen LogP contribution in [-0.4, -0.2) is 15.3 Å². The van der Waals surface area contributed by atoms with Gasteiger partial charge in [0.2, 0.25) is 0 Å². The molecule has 0 saturated carbocycles. The molecule has 1 atom stereocenters. The molecule has 18 heavy (non-hydrogen) atoms. The molecule has 0 aromatic heterocycles. The van der Waals surface area contributed by atoms with Crippen LogP contribution in [0.25, 0.3) is 0 Å². The third-order valence-electron chi connectivity index (χ3n) is 2.96. The summed E-state index contributed by atoms with van der Waals surface area (Å²) in [7, 11) is 0. The number of hydrogen-bond donors (Lipinski definition) is 3. The van der Waals surface area contributed by atoms with E-state index in [1.807, 2.05) is 12.1 Å². The van der Waals surface area contributed by atoms with Gasteiger partial charge in [-0.15, -0.1) is 0 Å². The fraction of sp³-hybridized carbons (Fsp3) is 0.200. The molecule has 0 amide bonds. The molecule has 3 N–H and O–H groups in total. The van der Waals surface area contributed by atoms with Gasteiger partial charge < -0.3 is 15.3 Å². The zero-order chi connectivity index (χ0) is 13.0. The van der Waals surface area contributed by atoms with Crippen LogP contribution in [0.5, 0.6) is 11.5 Å². The highest BCUT2D eigenvalue weighted by atomic mass is 16.3. The molecule has 2 aromatic rings. The maximum Gasteiger partial charge on any atom is 0.118 e. The first-order valence-corrected chi connectivity index (χ1v) is 5.90. The van der Waals surface area contributed by atoms with Crippen LogP contribution in [0.3, 0.4) is 0 Å². The van der Waals surface area contributed by atoms with Crippen molar-refractivity contribution in [1.29, 1.82) is 0 Å². The molecule has 0 aliphatic rings. The molecule has 0 heterocycles. The van der Waals surface area contributed by atoms with Crippen molar-refractivity contribution in [2.75, 3.05) is 0 Å². The van der Waals surface area contributed by atoms with Gasteiger partial charge in [-0.3, -0.25) is 0 Å². The number of aromatic hydroxyl groups is 2. The fourth-order valence-corrected chi connectivity index (χ4v) is 1.88. The Labute approximate surface area is 106 Å². The average molecular weight is 244 g/mol. The number of phenolic OH excluding ortho intramolecular Hbond substituents is 2. The number of phenols is 2. The zero-order valence-corrected chi connectivity index (χ0v) is 9.95. The predicted molar refractivity (Wildman–Crippen MR) is 69.5 cm³/mol. The molecule has 0 aliphatic carbocycles. The van der Waals surface area contributed by atoms with Gasteiger partial charge in [-0.25, -0.2) is 0 Å². The molecule has 3 nitrogen and oxygen atoms in total. The lowest BCUT2D eigenvalue weighted by Gasteiger charge is -2.11. The van der Waals surface area contributed by atoms with Crippen LogP contribution in [0.2, 0.25) is 0 Å². The zero-order valence-electron chi connectivity index (χ0n) is 9.95. The van der Waals surface area contributed by atoms with Crippen molar-refractivity contribution in [3.05, 3.63) is 59.7 Å². The fourth-order valence-electron chi connectivity index (χ4n) is 1.88. The number of aliphatic hydroxyl groups is 1. The summed E-state index contributed by atoms with van der Waals surface area (Å²) in [6.45, 7) is 0. The van der Waals surface area contributed by atoms with E-state index in [-0.39, 0.29) is 11.5 Å². The second kappa shape index (κ2) is 5.56. The number of rotatable bonds is 4. The molecule has 0 aliphatic heterocycles. The third-order valence-corrected chi connectivity index (χ3v) is 2.96. The molecule has 2 rings (SSSR count). The van der Waals surface area contributed by atoms with E-state index < -0.39 is 6.10 Å². The van der Waals surface area contributed by atoms with Gasteiger partial charge in [0.15, 0.2) is 0 Å². The first kappa shape index (κ1) is 12.5. The van der Waals surface area contributed by atoms with Gasteiger partial charge in [0, 0.05) is 0 Å². The van der Waals surface area contributed by atoms with E-state index in [1.54, 1.807) is 36.4 Å². The Bertz CT molecular complexity index is 505. The molecular formula is C15H16O3. The summed E-state index contributed by atoms with van der Waals surface area (Å²) in [5.41, 5.74) is 1.60. The van der Waals surface area contributed by atoms with Crippen LogP contribution in [0.1, 0.15) is 23.7 Å². The van der Waals surface area contributed by atoms with E-state index >= 15 is 0 Å². The van der Waals surface area contributed by atoms with E-state index in [9.17, 15) is 10.2 Å². The Kier molecular flexibility index (Phi) is 3.85. The molecule has 3 heteroatoms. The van der Waals surface area contributed by atoms with Gasteiger partial charge >= 0.3 is 0 Å². The van der Waals surface area contributed by atoms with E-state index in [4.69, 9.17) is 5.11 Å². The molecule has 0 saturated heterocycles. The van der Waals surface area contributed by atoms with Crippen LogP contribution in [0.15, 0.2) is 48.5 Å². The summed E-state index contributed by atoms with van der Waals surface area (Å²) in [5.74, 6) is 0.446. The second-order valence-corrected chi connectivity index (χ2v) is 4.27. The van der Waals surface area contributed by atoms with E-state index in [1.165, 1.54) is 0 Å². The van der Waals surface area contributed by atoms with Gasteiger partial charge in [0.05, 0.1) is 6.10 Å². The van der Waals surface area contributed by atoms with E-state index in [0.29, 0.717) is 12.8 Å². The smallest absolute Gasteiger partial charge is 0.118 e. The maximum atomic E-state index is 10.0. The molecule has 94 valence electrons. The monoisotopic (exact) mass is 244 g/mol. The van der Waals surface area contributed by atoms with Crippen molar-refractivity contribution >= 4 is 0 Å². The lowest BCUT2D eigenvalue weighted by Crippen LogP contribution is -1.99. The van der Waals surface area contributed by atoms with Gasteiger partial charge in [0.25, 0.3) is 0 Å². The van der Waals surface area contributed by atoms with Crippen molar-refractivity contribution in [3.8, 4) is 11.5 Å². The van der Waals surface area contributed by atoms with Crippen LogP contribution in [-0.2, 0) is 6.42 Å². The highest BCUT2D eigenvalue weighted by molar-refractivity contribution is 5.32. The summed E-state index contributed by atoms with van der Waals surface area (Å²) in [6, 6.07) is 13.6. The minimum Gasteiger partial charge on any atom is -0.508 e. The van der Waals surface area contributed by atoms with Crippen molar-refractivity contribution in [2.24, 2.45) is 0 Å². The van der Waals surface area contributed by atoms with Crippen LogP contribution < -0.4 is 0 Å². The lowest BCUT2D eigenvalue weighted by atomic mass is 10.0. The number of para-hydroxylation sites is 1. The molecular weight excluding hydrogens is 228 g/mol. The Hall–Kier alpha value is -2.00. The Morgan fingerprint density at radius 3 is 2.22 bits per heavy atom. The molecule has 0 spiro atoms. The standard InChI is InChI=1S/C15H16O3/c16-13-8-5-12(6-9-13)15(18)10-7-11-3-1-2-4-14(11)17/h1-6,8-9,15-18H,7,10H2. The summed E-state index contributed by atoms with van der Waals surface area (Å²) >= 11 is 0. The summed E-state index contributed by atoms with van der Waals surface area (Å²) in [4.78, 5) is 0. The van der Waals surface area contributed by atoms with Gasteiger partial charge in [-0.2, -0.15) is 0 Å². The highest BCUT2D eigenvalue weighted by Crippen LogP contribution is 2.24. The Morgan fingerprint density at radius 1 is 0.889 bits per heavy atom. The average Bonchev–Trinajstić information content (AvgIpc) is 2.38. The van der Waals surface area contributed by atoms with Crippen LogP contribution in [0, 0.1) is 0 Å². The SMILES string of the molecule is Oc1ccc(C(O)CCc2ccccc2O)cc1. The third kappa shape index (κ3) is 3.02. The van der Waals surface area contributed by atoms with E-state index in [0.717, 1.165) is 11.1 Å². The Balaban J connectivity index is 1.98.